The molecule has 0 aliphatic heterocycles. The molecular weight excluding hydrogens is 278 g/mol. The van der Waals surface area contributed by atoms with Gasteiger partial charge in [-0.3, -0.25) is 5.10 Å². The average molecular weight is 291 g/mol. The first-order valence-electron chi connectivity index (χ1n) is 6.08. The normalized spacial score (nSPS) is 12.0. The number of imidazole rings is 1. The number of aromatic nitrogens is 4. The summed E-state index contributed by atoms with van der Waals surface area (Å²) in [5, 5.41) is 6.10. The number of aromatic amines is 2. The predicted molar refractivity (Wildman–Crippen MR) is 73.6 cm³/mol. The molecule has 8 heteroatoms. The second-order valence-corrected chi connectivity index (χ2v) is 6.00. The molecule has 0 amide bonds. The molecule has 1 aromatic carbocycles. The minimum Gasteiger partial charge on any atom is -0.342 e. The minimum absolute atomic E-state index is 0.0575. The maximum atomic E-state index is 11.8. The first kappa shape index (κ1) is 12.8. The molecule has 0 aliphatic rings. The summed E-state index contributed by atoms with van der Waals surface area (Å²) in [7, 11) is -3.53. The van der Waals surface area contributed by atoms with Gasteiger partial charge in [0, 0.05) is 13.0 Å². The van der Waals surface area contributed by atoms with Crippen molar-refractivity contribution in [1.29, 1.82) is 0 Å². The van der Waals surface area contributed by atoms with E-state index >= 15 is 0 Å². The van der Waals surface area contributed by atoms with E-state index in [1.807, 2.05) is 24.3 Å². The lowest BCUT2D eigenvalue weighted by atomic mass is 10.3. The average Bonchev–Trinajstić information content (AvgIpc) is 3.07. The lowest BCUT2D eigenvalue weighted by Crippen LogP contribution is -2.26. The van der Waals surface area contributed by atoms with E-state index < -0.39 is 10.0 Å². The van der Waals surface area contributed by atoms with Gasteiger partial charge in [-0.1, -0.05) is 12.1 Å². The van der Waals surface area contributed by atoms with Crippen molar-refractivity contribution in [3.05, 3.63) is 42.4 Å². The molecule has 2 heterocycles. The van der Waals surface area contributed by atoms with Gasteiger partial charge in [0.05, 0.1) is 17.2 Å². The molecule has 0 spiro atoms. The number of rotatable bonds is 5. The molecule has 3 aromatic rings. The quantitative estimate of drug-likeness (QED) is 0.647. The van der Waals surface area contributed by atoms with Crippen molar-refractivity contribution in [2.24, 2.45) is 0 Å². The van der Waals surface area contributed by atoms with E-state index in [2.05, 4.69) is 24.9 Å². The van der Waals surface area contributed by atoms with Gasteiger partial charge in [-0.2, -0.15) is 5.10 Å². The van der Waals surface area contributed by atoms with Crippen LogP contribution in [-0.2, 0) is 16.4 Å². The van der Waals surface area contributed by atoms with E-state index in [1.165, 1.54) is 12.3 Å². The molecule has 0 unspecified atom stereocenters. The monoisotopic (exact) mass is 291 g/mol. The van der Waals surface area contributed by atoms with E-state index in [-0.39, 0.29) is 11.6 Å². The van der Waals surface area contributed by atoms with Crippen LogP contribution in [0.25, 0.3) is 11.0 Å². The Kier molecular flexibility index (Phi) is 3.25. The molecule has 0 radical (unpaired) electrons. The van der Waals surface area contributed by atoms with Gasteiger partial charge in [0.15, 0.2) is 5.03 Å². The van der Waals surface area contributed by atoms with Crippen LogP contribution in [0.1, 0.15) is 5.82 Å². The van der Waals surface area contributed by atoms with Gasteiger partial charge in [0.25, 0.3) is 10.0 Å². The van der Waals surface area contributed by atoms with Gasteiger partial charge >= 0.3 is 0 Å². The number of nitrogens with one attached hydrogen (secondary N) is 3. The van der Waals surface area contributed by atoms with Crippen molar-refractivity contribution < 1.29 is 8.42 Å². The number of para-hydroxylation sites is 2. The summed E-state index contributed by atoms with van der Waals surface area (Å²) in [6.45, 7) is 0.265. The zero-order valence-corrected chi connectivity index (χ0v) is 11.3. The second-order valence-electron chi connectivity index (χ2n) is 4.27. The molecule has 0 bridgehead atoms. The number of fused-ring (bicyclic) bond motifs is 1. The van der Waals surface area contributed by atoms with Crippen molar-refractivity contribution >= 4 is 21.1 Å². The van der Waals surface area contributed by atoms with Crippen LogP contribution in [0.15, 0.2) is 41.6 Å². The van der Waals surface area contributed by atoms with Crippen LogP contribution in [0.4, 0.5) is 0 Å². The second kappa shape index (κ2) is 5.06. The van der Waals surface area contributed by atoms with Gasteiger partial charge in [-0.15, -0.1) is 0 Å². The van der Waals surface area contributed by atoms with Crippen molar-refractivity contribution in [3.8, 4) is 0 Å². The molecule has 104 valence electrons. The first-order valence-corrected chi connectivity index (χ1v) is 7.56. The van der Waals surface area contributed by atoms with Gasteiger partial charge in [-0.05, 0) is 18.2 Å². The third-order valence-electron chi connectivity index (χ3n) is 2.86. The third-order valence-corrected chi connectivity index (χ3v) is 4.25. The summed E-state index contributed by atoms with van der Waals surface area (Å²) in [6, 6.07) is 9.08. The fourth-order valence-electron chi connectivity index (χ4n) is 1.90. The highest BCUT2D eigenvalue weighted by atomic mass is 32.2. The maximum Gasteiger partial charge on any atom is 0.257 e. The highest BCUT2D eigenvalue weighted by molar-refractivity contribution is 7.89. The minimum atomic E-state index is -3.53. The predicted octanol–water partition coefficient (Wildman–Crippen LogP) is 0.807. The Morgan fingerprint density at radius 1 is 1.20 bits per heavy atom. The molecule has 0 saturated heterocycles. The molecule has 7 nitrogen and oxygen atoms in total. The molecule has 3 N–H and O–H groups in total. The van der Waals surface area contributed by atoms with Gasteiger partial charge in [-0.25, -0.2) is 18.1 Å². The molecule has 20 heavy (non-hydrogen) atoms. The van der Waals surface area contributed by atoms with Crippen LogP contribution in [0.2, 0.25) is 0 Å². The van der Waals surface area contributed by atoms with Gasteiger partial charge in [0.2, 0.25) is 0 Å². The zero-order valence-electron chi connectivity index (χ0n) is 10.5. The summed E-state index contributed by atoms with van der Waals surface area (Å²) < 4.78 is 26.2. The molecule has 3 rings (SSSR count). The van der Waals surface area contributed by atoms with Crippen LogP contribution < -0.4 is 4.72 Å². The first-order chi connectivity index (χ1) is 9.65. The number of sulfonamides is 1. The number of H-pyrrole nitrogens is 2. The van der Waals surface area contributed by atoms with E-state index in [0.717, 1.165) is 16.9 Å². The summed E-state index contributed by atoms with van der Waals surface area (Å²) in [6.07, 6.45) is 1.88. The Labute approximate surface area is 115 Å². The number of hydrogen-bond donors (Lipinski definition) is 3. The van der Waals surface area contributed by atoms with Gasteiger partial charge < -0.3 is 4.98 Å². The van der Waals surface area contributed by atoms with E-state index in [0.29, 0.717) is 6.42 Å². The molecule has 0 aliphatic carbocycles. The Balaban J connectivity index is 1.65. The van der Waals surface area contributed by atoms with E-state index in [1.54, 1.807) is 0 Å². The third kappa shape index (κ3) is 2.56. The summed E-state index contributed by atoms with van der Waals surface area (Å²) >= 11 is 0. The maximum absolute atomic E-state index is 11.8. The fourth-order valence-corrected chi connectivity index (χ4v) is 2.84. The highest BCUT2D eigenvalue weighted by Crippen LogP contribution is 2.10. The Bertz CT molecular complexity index is 774. The van der Waals surface area contributed by atoms with Crippen LogP contribution >= 0.6 is 0 Å². The zero-order chi connectivity index (χ0) is 14.0. The van der Waals surface area contributed by atoms with Gasteiger partial charge in [0.1, 0.15) is 5.82 Å². The SMILES string of the molecule is O=S(=O)(NCCc1nc2ccccc2[nH]1)c1ccn[nH]1. The van der Waals surface area contributed by atoms with Crippen LogP contribution in [-0.4, -0.2) is 35.1 Å². The van der Waals surface area contributed by atoms with Crippen molar-refractivity contribution in [2.75, 3.05) is 6.54 Å². The largest absolute Gasteiger partial charge is 0.342 e. The molecule has 0 saturated carbocycles. The molecule has 2 aromatic heterocycles. The fraction of sp³-hybridized carbons (Fsp3) is 0.167. The number of benzene rings is 1. The van der Waals surface area contributed by atoms with Crippen molar-refractivity contribution in [1.82, 2.24) is 24.9 Å². The Hall–Kier alpha value is -2.19. The number of nitrogens with zero attached hydrogens (tertiary/aromatic N) is 2. The van der Waals surface area contributed by atoms with Crippen molar-refractivity contribution in [3.63, 3.8) is 0 Å². The highest BCUT2D eigenvalue weighted by Gasteiger charge is 2.14. The van der Waals surface area contributed by atoms with E-state index in [9.17, 15) is 8.42 Å². The van der Waals surface area contributed by atoms with Crippen LogP contribution in [0.3, 0.4) is 0 Å². The number of hydrogen-bond acceptors (Lipinski definition) is 4. The smallest absolute Gasteiger partial charge is 0.257 e. The lowest BCUT2D eigenvalue weighted by molar-refractivity contribution is 0.576. The van der Waals surface area contributed by atoms with Crippen LogP contribution in [0.5, 0.6) is 0 Å². The summed E-state index contributed by atoms with van der Waals surface area (Å²) in [5.41, 5.74) is 1.82. The molecular formula is C12H13N5O2S. The van der Waals surface area contributed by atoms with E-state index in [4.69, 9.17) is 0 Å². The topological polar surface area (TPSA) is 104 Å². The standard InChI is InChI=1S/C12H13N5O2S/c18-20(19,12-6-7-13-17-12)14-8-5-11-15-9-3-1-2-4-10(9)16-11/h1-4,6-7,14H,5,8H2,(H,13,17)(H,15,16). The van der Waals surface area contributed by atoms with Crippen LogP contribution in [0, 0.1) is 0 Å². The van der Waals surface area contributed by atoms with Crippen molar-refractivity contribution in [2.45, 2.75) is 11.4 Å². The molecule has 0 atom stereocenters. The Morgan fingerprint density at radius 3 is 2.80 bits per heavy atom. The molecule has 0 fully saturated rings. The summed E-state index contributed by atoms with van der Waals surface area (Å²) in [4.78, 5) is 7.53. The Morgan fingerprint density at radius 2 is 2.05 bits per heavy atom. The lowest BCUT2D eigenvalue weighted by Gasteiger charge is -2.02. The summed E-state index contributed by atoms with van der Waals surface area (Å²) in [5.74, 6) is 0.749.